The van der Waals surface area contributed by atoms with Gasteiger partial charge < -0.3 is 15.2 Å². The van der Waals surface area contributed by atoms with Crippen molar-refractivity contribution < 1.29 is 9.84 Å². The number of rotatable bonds is 8. The highest BCUT2D eigenvalue weighted by Crippen LogP contribution is 2.23. The van der Waals surface area contributed by atoms with E-state index in [1.54, 1.807) is 17.5 Å². The van der Waals surface area contributed by atoms with Crippen LogP contribution in [0, 0.1) is 0 Å². The van der Waals surface area contributed by atoms with Crippen LogP contribution in [0.4, 0.5) is 0 Å². The maximum absolute atomic E-state index is 8.89. The molecule has 0 aliphatic carbocycles. The van der Waals surface area contributed by atoms with E-state index in [1.807, 2.05) is 48.7 Å². The summed E-state index contributed by atoms with van der Waals surface area (Å²) in [4.78, 5) is 9.91. The molecule has 0 saturated carbocycles. The number of aromatic nitrogens is 2. The van der Waals surface area contributed by atoms with Crippen LogP contribution in [0.15, 0.2) is 54.9 Å². The lowest BCUT2D eigenvalue weighted by molar-refractivity contribution is 0.200. The summed E-state index contributed by atoms with van der Waals surface area (Å²) in [6.07, 6.45) is 3.66. The zero-order valence-electron chi connectivity index (χ0n) is 13.2. The number of para-hydroxylation sites is 1. The molecule has 0 fully saturated rings. The quantitative estimate of drug-likeness (QED) is 0.659. The molecule has 3 aromatic rings. The Hall–Kier alpha value is -2.28. The molecule has 1 aromatic carbocycles. The summed E-state index contributed by atoms with van der Waals surface area (Å²) >= 11 is 1.64. The molecule has 0 radical (unpaired) electrons. The molecule has 2 N–H and O–H groups in total. The Kier molecular flexibility index (Phi) is 5.90. The Bertz CT molecular complexity index is 762. The van der Waals surface area contributed by atoms with Crippen molar-refractivity contribution in [3.63, 3.8) is 0 Å². The number of hydrogen-bond donors (Lipinski definition) is 2. The molecule has 0 aliphatic rings. The topological polar surface area (TPSA) is 67.3 Å². The van der Waals surface area contributed by atoms with Crippen LogP contribution >= 0.6 is 11.3 Å². The first-order chi connectivity index (χ1) is 11.9. The van der Waals surface area contributed by atoms with Gasteiger partial charge in [-0.05, 0) is 18.2 Å². The third-order valence-corrected chi connectivity index (χ3v) is 4.39. The summed E-state index contributed by atoms with van der Waals surface area (Å²) < 4.78 is 5.54. The smallest absolute Gasteiger partial charge is 0.142 e. The van der Waals surface area contributed by atoms with Crippen LogP contribution in [0.25, 0.3) is 10.7 Å². The van der Waals surface area contributed by atoms with Gasteiger partial charge in [0.05, 0.1) is 12.3 Å². The second-order valence-electron chi connectivity index (χ2n) is 5.13. The van der Waals surface area contributed by atoms with E-state index >= 15 is 0 Å². The van der Waals surface area contributed by atoms with Gasteiger partial charge in [-0.1, -0.05) is 24.3 Å². The van der Waals surface area contributed by atoms with Gasteiger partial charge in [-0.3, -0.25) is 4.98 Å². The highest BCUT2D eigenvalue weighted by molar-refractivity contribution is 7.14. The Labute approximate surface area is 145 Å². The second-order valence-corrected chi connectivity index (χ2v) is 6.25. The average Bonchev–Trinajstić information content (AvgIpc) is 3.10. The molecule has 2 heterocycles. The third-order valence-electron chi connectivity index (χ3n) is 3.37. The number of thiazole rings is 1. The molecule has 0 spiro atoms. The predicted molar refractivity (Wildman–Crippen MR) is 94.9 cm³/mol. The fraction of sp³-hybridized carbons (Fsp3) is 0.222. The minimum Gasteiger partial charge on any atom is -0.491 e. The van der Waals surface area contributed by atoms with Gasteiger partial charge in [-0.2, -0.15) is 0 Å². The monoisotopic (exact) mass is 341 g/mol. The van der Waals surface area contributed by atoms with Gasteiger partial charge in [-0.15, -0.1) is 11.3 Å². The van der Waals surface area contributed by atoms with E-state index in [-0.39, 0.29) is 6.61 Å². The third kappa shape index (κ3) is 4.38. The average molecular weight is 341 g/mol. The fourth-order valence-electron chi connectivity index (χ4n) is 2.26. The van der Waals surface area contributed by atoms with Crippen LogP contribution < -0.4 is 10.1 Å². The highest BCUT2D eigenvalue weighted by Gasteiger charge is 2.06. The Morgan fingerprint density at radius 3 is 2.75 bits per heavy atom. The molecular formula is C18H19N3O2S. The van der Waals surface area contributed by atoms with Crippen molar-refractivity contribution >= 4 is 11.3 Å². The number of ether oxygens (including phenoxy) is 1. The fourth-order valence-corrected chi connectivity index (χ4v) is 3.12. The maximum Gasteiger partial charge on any atom is 0.142 e. The van der Waals surface area contributed by atoms with Crippen molar-refractivity contribution in [3.05, 3.63) is 65.3 Å². The minimum absolute atomic E-state index is 0.0128. The number of pyridine rings is 1. The summed E-state index contributed by atoms with van der Waals surface area (Å²) in [7, 11) is 0. The largest absolute Gasteiger partial charge is 0.491 e. The van der Waals surface area contributed by atoms with Crippen LogP contribution in [0.3, 0.4) is 0 Å². The zero-order valence-corrected chi connectivity index (χ0v) is 14.0. The molecule has 0 unspecified atom stereocenters. The summed E-state index contributed by atoms with van der Waals surface area (Å²) in [5, 5.41) is 13.2. The Morgan fingerprint density at radius 1 is 1.04 bits per heavy atom. The number of hydrogen-bond acceptors (Lipinski definition) is 6. The minimum atomic E-state index is 0.0128. The summed E-state index contributed by atoms with van der Waals surface area (Å²) in [5.74, 6) is 0.803. The lowest BCUT2D eigenvalue weighted by Gasteiger charge is -2.10. The highest BCUT2D eigenvalue weighted by atomic mass is 32.1. The number of nitrogens with zero attached hydrogens (tertiary/aromatic N) is 2. The van der Waals surface area contributed by atoms with Crippen LogP contribution in [0.5, 0.6) is 5.75 Å². The summed E-state index contributed by atoms with van der Waals surface area (Å²) in [6, 6.07) is 13.7. The first-order valence-corrected chi connectivity index (χ1v) is 8.57. The number of aliphatic hydroxyl groups excluding tert-OH is 1. The van der Waals surface area contributed by atoms with Crippen LogP contribution in [0.2, 0.25) is 0 Å². The lowest BCUT2D eigenvalue weighted by atomic mass is 10.2. The maximum atomic E-state index is 8.89. The summed E-state index contributed by atoms with van der Waals surface area (Å²) in [5.41, 5.74) is 1.97. The first kappa shape index (κ1) is 16.6. The molecule has 0 atom stereocenters. The molecule has 0 amide bonds. The molecule has 5 nitrogen and oxygen atoms in total. The van der Waals surface area contributed by atoms with Gasteiger partial charge in [0.1, 0.15) is 17.4 Å². The Morgan fingerprint density at radius 2 is 1.92 bits per heavy atom. The molecule has 0 saturated heterocycles. The van der Waals surface area contributed by atoms with E-state index in [4.69, 9.17) is 9.84 Å². The molecule has 124 valence electrons. The van der Waals surface area contributed by atoms with Crippen molar-refractivity contribution in [1.82, 2.24) is 15.3 Å². The van der Waals surface area contributed by atoms with E-state index in [9.17, 15) is 0 Å². The molecule has 6 heteroatoms. The molecule has 24 heavy (non-hydrogen) atoms. The van der Waals surface area contributed by atoms with Gasteiger partial charge >= 0.3 is 0 Å². The summed E-state index contributed by atoms with van der Waals surface area (Å²) in [6.45, 7) is 1.75. The number of benzene rings is 1. The first-order valence-electron chi connectivity index (χ1n) is 7.75. The van der Waals surface area contributed by atoms with E-state index in [0.717, 1.165) is 33.4 Å². The van der Waals surface area contributed by atoms with Crippen molar-refractivity contribution in [2.45, 2.75) is 13.1 Å². The standard InChI is InChI=1S/C18H19N3O2S/c22-9-10-23-17-7-2-1-5-14(17)11-19-12-15-13-21-18(24-15)16-6-3-4-8-20-16/h1-8,13,19,22H,9-12H2. The number of aliphatic hydroxyl groups is 1. The molecule has 0 aliphatic heterocycles. The lowest BCUT2D eigenvalue weighted by Crippen LogP contribution is -2.13. The van der Waals surface area contributed by atoms with Crippen molar-refractivity contribution in [1.29, 1.82) is 0 Å². The molecular weight excluding hydrogens is 322 g/mol. The Balaban J connectivity index is 1.57. The number of nitrogens with one attached hydrogen (secondary N) is 1. The van der Waals surface area contributed by atoms with E-state index in [0.29, 0.717) is 13.2 Å². The van der Waals surface area contributed by atoms with Crippen LogP contribution in [-0.2, 0) is 13.1 Å². The van der Waals surface area contributed by atoms with Gasteiger partial charge in [-0.25, -0.2) is 4.98 Å². The SMILES string of the molecule is OCCOc1ccccc1CNCc1cnc(-c2ccccn2)s1. The van der Waals surface area contributed by atoms with E-state index in [2.05, 4.69) is 15.3 Å². The van der Waals surface area contributed by atoms with Crippen LogP contribution in [0.1, 0.15) is 10.4 Å². The van der Waals surface area contributed by atoms with Gasteiger partial charge in [0.2, 0.25) is 0 Å². The van der Waals surface area contributed by atoms with Crippen molar-refractivity contribution in [3.8, 4) is 16.5 Å². The predicted octanol–water partition coefficient (Wildman–Crippen LogP) is 2.87. The molecule has 0 bridgehead atoms. The van der Waals surface area contributed by atoms with Crippen molar-refractivity contribution in [2.75, 3.05) is 13.2 Å². The second kappa shape index (κ2) is 8.54. The molecule has 3 rings (SSSR count). The van der Waals surface area contributed by atoms with Gasteiger partial charge in [0.15, 0.2) is 0 Å². The molecule has 2 aromatic heterocycles. The van der Waals surface area contributed by atoms with Crippen LogP contribution in [-0.4, -0.2) is 28.3 Å². The normalized spacial score (nSPS) is 10.7. The van der Waals surface area contributed by atoms with Gasteiger partial charge in [0, 0.05) is 35.9 Å². The van der Waals surface area contributed by atoms with Crippen molar-refractivity contribution in [2.24, 2.45) is 0 Å². The zero-order chi connectivity index (χ0) is 16.6. The van der Waals surface area contributed by atoms with Gasteiger partial charge in [0.25, 0.3) is 0 Å². The van der Waals surface area contributed by atoms with E-state index < -0.39 is 0 Å². The van der Waals surface area contributed by atoms with E-state index in [1.165, 1.54) is 0 Å².